The van der Waals surface area contributed by atoms with Gasteiger partial charge in [0.1, 0.15) is 0 Å². The third-order valence-corrected chi connectivity index (χ3v) is 4.50. The number of benzene rings is 1. The quantitative estimate of drug-likeness (QED) is 0.922. The Labute approximate surface area is 135 Å². The average molecular weight is 321 g/mol. The first-order valence-corrected chi connectivity index (χ1v) is 7.92. The van der Waals surface area contributed by atoms with Crippen LogP contribution in [0, 0.1) is 0 Å². The lowest BCUT2D eigenvalue weighted by Crippen LogP contribution is -2.58. The maximum Gasteiger partial charge on any atom is 0.227 e. The van der Waals surface area contributed by atoms with E-state index in [0.29, 0.717) is 24.6 Å². The summed E-state index contributed by atoms with van der Waals surface area (Å²) in [7, 11) is 0. The number of halogens is 1. The fourth-order valence-corrected chi connectivity index (χ4v) is 3.15. The van der Waals surface area contributed by atoms with Crippen molar-refractivity contribution in [3.05, 3.63) is 35.0 Å². The van der Waals surface area contributed by atoms with E-state index < -0.39 is 0 Å². The Morgan fingerprint density at radius 2 is 2.27 bits per heavy atom. The minimum Gasteiger partial charge on any atom is -0.374 e. The van der Waals surface area contributed by atoms with Crippen molar-refractivity contribution in [2.45, 2.75) is 38.8 Å². The average Bonchev–Trinajstić information content (AvgIpc) is 2.84. The molecule has 1 aliphatic heterocycles. The summed E-state index contributed by atoms with van der Waals surface area (Å²) < 4.78 is 5.68. The number of hydrogen-bond acceptors (Lipinski definition) is 2. The van der Waals surface area contributed by atoms with Crippen LogP contribution in [0.25, 0.3) is 10.9 Å². The lowest BCUT2D eigenvalue weighted by molar-refractivity contribution is -0.152. The second-order valence-corrected chi connectivity index (χ2v) is 7.06. The molecule has 2 aromatic rings. The van der Waals surface area contributed by atoms with Crippen LogP contribution in [0.4, 0.5) is 0 Å². The van der Waals surface area contributed by atoms with Crippen LogP contribution >= 0.6 is 11.6 Å². The van der Waals surface area contributed by atoms with Gasteiger partial charge in [-0.05, 0) is 44.5 Å². The molecule has 5 heteroatoms. The molecule has 1 aliphatic rings. The van der Waals surface area contributed by atoms with Gasteiger partial charge in [-0.25, -0.2) is 0 Å². The Morgan fingerprint density at radius 3 is 3.05 bits per heavy atom. The van der Waals surface area contributed by atoms with Crippen LogP contribution in [0.15, 0.2) is 24.4 Å². The number of amides is 1. The van der Waals surface area contributed by atoms with Gasteiger partial charge in [0.2, 0.25) is 5.91 Å². The lowest BCUT2D eigenvalue weighted by Gasteiger charge is -2.44. The van der Waals surface area contributed by atoms with Gasteiger partial charge in [0.15, 0.2) is 0 Å². The summed E-state index contributed by atoms with van der Waals surface area (Å²) in [5.74, 6) is 0.126. The van der Waals surface area contributed by atoms with E-state index in [1.165, 1.54) is 0 Å². The summed E-state index contributed by atoms with van der Waals surface area (Å²) in [6.07, 6.45) is 2.35. The molecule has 1 atom stereocenters. The highest BCUT2D eigenvalue weighted by atomic mass is 35.5. The first-order chi connectivity index (χ1) is 10.4. The van der Waals surface area contributed by atoms with E-state index >= 15 is 0 Å². The lowest BCUT2D eigenvalue weighted by atomic mass is 9.99. The van der Waals surface area contributed by atoms with E-state index in [2.05, 4.69) is 4.98 Å². The van der Waals surface area contributed by atoms with E-state index in [0.717, 1.165) is 16.5 Å². The zero-order valence-corrected chi connectivity index (χ0v) is 13.9. The molecule has 118 valence electrons. The highest BCUT2D eigenvalue weighted by Crippen LogP contribution is 2.26. The molecule has 1 fully saturated rings. The molecule has 0 radical (unpaired) electrons. The van der Waals surface area contributed by atoms with Crippen LogP contribution in [0.2, 0.25) is 5.02 Å². The number of fused-ring (bicyclic) bond motifs is 1. The van der Waals surface area contributed by atoms with Gasteiger partial charge in [-0.2, -0.15) is 0 Å². The maximum absolute atomic E-state index is 12.8. The van der Waals surface area contributed by atoms with E-state index in [-0.39, 0.29) is 17.6 Å². The van der Waals surface area contributed by atoms with E-state index in [9.17, 15) is 4.79 Å². The van der Waals surface area contributed by atoms with Crippen molar-refractivity contribution in [2.75, 3.05) is 13.2 Å². The second kappa shape index (κ2) is 5.60. The normalized spacial score (nSPS) is 21.3. The number of morpholine rings is 1. The number of hydrogen-bond donors (Lipinski definition) is 1. The molecule has 1 N–H and O–H groups in total. The minimum atomic E-state index is -0.270. The van der Waals surface area contributed by atoms with Gasteiger partial charge in [-0.1, -0.05) is 11.6 Å². The molecule has 1 aromatic heterocycles. The number of ether oxygens (including phenoxy) is 1. The number of H-pyrrole nitrogens is 1. The van der Waals surface area contributed by atoms with Crippen LogP contribution in [0.1, 0.15) is 26.3 Å². The maximum atomic E-state index is 12.8. The van der Waals surface area contributed by atoms with Gasteiger partial charge < -0.3 is 14.6 Å². The SMILES string of the molecule is CC1CN(C(=O)Cc2c[nH]c3ccc(Cl)cc23)C(C)(C)CO1. The number of nitrogens with zero attached hydrogens (tertiary/aromatic N) is 1. The van der Waals surface area contributed by atoms with Gasteiger partial charge >= 0.3 is 0 Å². The number of aromatic amines is 1. The summed E-state index contributed by atoms with van der Waals surface area (Å²) in [4.78, 5) is 17.9. The monoisotopic (exact) mass is 320 g/mol. The molecule has 2 heterocycles. The predicted molar refractivity (Wildman–Crippen MR) is 88.2 cm³/mol. The first-order valence-electron chi connectivity index (χ1n) is 7.54. The Kier molecular flexibility index (Phi) is 3.91. The van der Waals surface area contributed by atoms with Crippen molar-refractivity contribution in [2.24, 2.45) is 0 Å². The van der Waals surface area contributed by atoms with Crippen molar-refractivity contribution in [3.63, 3.8) is 0 Å². The second-order valence-electron chi connectivity index (χ2n) is 6.62. The van der Waals surface area contributed by atoms with Crippen LogP contribution in [0.5, 0.6) is 0 Å². The van der Waals surface area contributed by atoms with Crippen molar-refractivity contribution in [1.82, 2.24) is 9.88 Å². The molecule has 0 spiro atoms. The summed E-state index contributed by atoms with van der Waals surface area (Å²) in [6, 6.07) is 5.69. The Morgan fingerprint density at radius 1 is 1.50 bits per heavy atom. The third kappa shape index (κ3) is 2.85. The van der Waals surface area contributed by atoms with Gasteiger partial charge in [-0.3, -0.25) is 4.79 Å². The van der Waals surface area contributed by atoms with Crippen LogP contribution in [-0.4, -0.2) is 40.6 Å². The van der Waals surface area contributed by atoms with E-state index in [1.807, 2.05) is 50.1 Å². The topological polar surface area (TPSA) is 45.3 Å². The van der Waals surface area contributed by atoms with Crippen molar-refractivity contribution >= 4 is 28.4 Å². The zero-order valence-electron chi connectivity index (χ0n) is 13.1. The number of rotatable bonds is 2. The molecule has 22 heavy (non-hydrogen) atoms. The molecule has 1 unspecified atom stereocenters. The molecule has 3 rings (SSSR count). The molecule has 4 nitrogen and oxygen atoms in total. The molecule has 1 aromatic carbocycles. The largest absolute Gasteiger partial charge is 0.374 e. The number of nitrogens with one attached hydrogen (secondary N) is 1. The van der Waals surface area contributed by atoms with Gasteiger partial charge in [-0.15, -0.1) is 0 Å². The highest BCUT2D eigenvalue weighted by molar-refractivity contribution is 6.31. The molecule has 0 aliphatic carbocycles. The fraction of sp³-hybridized carbons (Fsp3) is 0.471. The van der Waals surface area contributed by atoms with Crippen molar-refractivity contribution in [3.8, 4) is 0 Å². The molecule has 1 amide bonds. The molecule has 0 bridgehead atoms. The summed E-state index contributed by atoms with van der Waals surface area (Å²) >= 11 is 6.07. The van der Waals surface area contributed by atoms with Crippen LogP contribution < -0.4 is 0 Å². The van der Waals surface area contributed by atoms with E-state index in [4.69, 9.17) is 16.3 Å². The summed E-state index contributed by atoms with van der Waals surface area (Å²) in [5.41, 5.74) is 1.71. The van der Waals surface area contributed by atoms with Crippen molar-refractivity contribution in [1.29, 1.82) is 0 Å². The number of carbonyl (C=O) groups excluding carboxylic acids is 1. The summed E-state index contributed by atoms with van der Waals surface area (Å²) in [5, 5.41) is 1.70. The number of aromatic nitrogens is 1. The fourth-order valence-electron chi connectivity index (χ4n) is 2.98. The Hall–Kier alpha value is -1.52. The van der Waals surface area contributed by atoms with Crippen LogP contribution in [-0.2, 0) is 16.0 Å². The summed E-state index contributed by atoms with van der Waals surface area (Å²) in [6.45, 7) is 7.29. The zero-order chi connectivity index (χ0) is 15.9. The van der Waals surface area contributed by atoms with Gasteiger partial charge in [0.05, 0.1) is 24.7 Å². The Bertz CT molecular complexity index is 708. The Balaban J connectivity index is 1.84. The molecular weight excluding hydrogens is 300 g/mol. The minimum absolute atomic E-state index is 0.0781. The molecule has 1 saturated heterocycles. The molecule has 0 saturated carbocycles. The smallest absolute Gasteiger partial charge is 0.227 e. The van der Waals surface area contributed by atoms with Gasteiger partial charge in [0, 0.05) is 28.7 Å². The predicted octanol–water partition coefficient (Wildman–Crippen LogP) is 3.39. The van der Waals surface area contributed by atoms with Crippen LogP contribution in [0.3, 0.4) is 0 Å². The van der Waals surface area contributed by atoms with E-state index in [1.54, 1.807) is 0 Å². The number of carbonyl (C=O) groups is 1. The third-order valence-electron chi connectivity index (χ3n) is 4.26. The van der Waals surface area contributed by atoms with Gasteiger partial charge in [0.25, 0.3) is 0 Å². The standard InChI is InChI=1S/C17H21ClN2O2/c1-11-9-20(17(2,3)10-22-11)16(21)6-12-8-19-15-5-4-13(18)7-14(12)15/h4-5,7-8,11,19H,6,9-10H2,1-3H3. The first kappa shape index (κ1) is 15.4. The molecular formula is C17H21ClN2O2. The highest BCUT2D eigenvalue weighted by Gasteiger charge is 2.36. The van der Waals surface area contributed by atoms with Crippen molar-refractivity contribution < 1.29 is 9.53 Å².